The normalized spacial score (nSPS) is 10.3. The van der Waals surface area contributed by atoms with Gasteiger partial charge in [0, 0.05) is 18.5 Å². The molecule has 0 aromatic heterocycles. The molecule has 6 heteroatoms. The van der Waals surface area contributed by atoms with E-state index in [1.165, 1.54) is 6.21 Å². The molecule has 0 fully saturated rings. The highest BCUT2D eigenvalue weighted by molar-refractivity contribution is 5.94. The molecule has 2 rings (SSSR count). The highest BCUT2D eigenvalue weighted by Gasteiger charge is 2.08. The lowest BCUT2D eigenvalue weighted by Crippen LogP contribution is -2.20. The van der Waals surface area contributed by atoms with Crippen molar-refractivity contribution in [1.82, 2.24) is 5.43 Å². The van der Waals surface area contributed by atoms with Gasteiger partial charge < -0.3 is 5.32 Å². The van der Waals surface area contributed by atoms with Crippen LogP contribution in [0.25, 0.3) is 0 Å². The molecule has 2 amide bonds. The Morgan fingerprint density at radius 2 is 1.77 bits per heavy atom. The third kappa shape index (κ3) is 5.87. The number of amides is 2. The van der Waals surface area contributed by atoms with Crippen LogP contribution in [0.3, 0.4) is 0 Å². The van der Waals surface area contributed by atoms with Crippen LogP contribution >= 0.6 is 0 Å². The molecule has 0 aliphatic heterocycles. The summed E-state index contributed by atoms with van der Waals surface area (Å²) in [6.07, 6.45) is 1.60. The van der Waals surface area contributed by atoms with Gasteiger partial charge >= 0.3 is 0 Å². The number of aryl methyl sites for hydroxylation is 2. The van der Waals surface area contributed by atoms with Crippen molar-refractivity contribution in [3.63, 3.8) is 0 Å². The molecule has 0 heterocycles. The summed E-state index contributed by atoms with van der Waals surface area (Å²) in [7, 11) is 0. The fourth-order valence-corrected chi connectivity index (χ4v) is 2.27. The number of hydrazone groups is 1. The minimum Gasteiger partial charge on any atom is -0.326 e. The van der Waals surface area contributed by atoms with Crippen LogP contribution in [0.2, 0.25) is 0 Å². The number of benzene rings is 2. The number of carbonyl (C=O) groups excluding carboxylic acids is 2. The standard InChI is InChI=1S/C20H20N4O2/c1-14-3-8-18(15(2)11-14)23-19(25)9-10-20(26)24-22-13-17-6-4-16(12-21)5-7-17/h3-8,11,13H,9-10H2,1-2H3,(H,23,25)(H,24,26)/b22-13+. The SMILES string of the molecule is Cc1ccc(NC(=O)CCC(=O)N/N=C/c2ccc(C#N)cc2)c(C)c1. The first kappa shape index (κ1) is 18.9. The summed E-state index contributed by atoms with van der Waals surface area (Å²) in [6.45, 7) is 3.91. The third-order valence-corrected chi connectivity index (χ3v) is 3.68. The zero-order valence-electron chi connectivity index (χ0n) is 14.7. The fraction of sp³-hybridized carbons (Fsp3) is 0.200. The molecule has 26 heavy (non-hydrogen) atoms. The average molecular weight is 348 g/mol. The average Bonchev–Trinajstić information content (AvgIpc) is 2.63. The van der Waals surface area contributed by atoms with Gasteiger partial charge in [-0.3, -0.25) is 9.59 Å². The molecule has 2 aromatic rings. The van der Waals surface area contributed by atoms with E-state index in [0.717, 1.165) is 22.4 Å². The van der Waals surface area contributed by atoms with Crippen molar-refractivity contribution < 1.29 is 9.59 Å². The lowest BCUT2D eigenvalue weighted by molar-refractivity contribution is -0.124. The van der Waals surface area contributed by atoms with Crippen LogP contribution in [0.4, 0.5) is 5.69 Å². The Kier molecular flexibility index (Phi) is 6.63. The summed E-state index contributed by atoms with van der Waals surface area (Å²) in [5.41, 5.74) is 6.56. The molecule has 0 saturated carbocycles. The molecular weight excluding hydrogens is 328 g/mol. The highest BCUT2D eigenvalue weighted by atomic mass is 16.2. The van der Waals surface area contributed by atoms with Gasteiger partial charge in [-0.2, -0.15) is 10.4 Å². The summed E-state index contributed by atoms with van der Waals surface area (Å²) < 4.78 is 0. The second-order valence-electron chi connectivity index (χ2n) is 5.89. The van der Waals surface area contributed by atoms with Crippen molar-refractivity contribution in [2.45, 2.75) is 26.7 Å². The van der Waals surface area contributed by atoms with Crippen LogP contribution in [0, 0.1) is 25.2 Å². The van der Waals surface area contributed by atoms with E-state index in [4.69, 9.17) is 5.26 Å². The molecule has 0 saturated heterocycles. The summed E-state index contributed by atoms with van der Waals surface area (Å²) in [4.78, 5) is 23.7. The van der Waals surface area contributed by atoms with Gasteiger partial charge in [-0.1, -0.05) is 29.8 Å². The van der Waals surface area contributed by atoms with E-state index < -0.39 is 0 Å². The second-order valence-corrected chi connectivity index (χ2v) is 5.89. The molecule has 0 atom stereocenters. The van der Waals surface area contributed by atoms with Crippen LogP contribution in [0.15, 0.2) is 47.6 Å². The monoisotopic (exact) mass is 348 g/mol. The number of carbonyl (C=O) groups is 2. The van der Waals surface area contributed by atoms with Crippen molar-refractivity contribution in [1.29, 1.82) is 5.26 Å². The van der Waals surface area contributed by atoms with Crippen LogP contribution in [-0.4, -0.2) is 18.0 Å². The van der Waals surface area contributed by atoms with E-state index in [1.54, 1.807) is 24.3 Å². The van der Waals surface area contributed by atoms with Crippen molar-refractivity contribution in [2.75, 3.05) is 5.32 Å². The smallest absolute Gasteiger partial charge is 0.240 e. The lowest BCUT2D eigenvalue weighted by atomic mass is 10.1. The fourth-order valence-electron chi connectivity index (χ4n) is 2.27. The maximum atomic E-state index is 12.0. The zero-order chi connectivity index (χ0) is 18.9. The van der Waals surface area contributed by atoms with Gasteiger partial charge in [0.2, 0.25) is 11.8 Å². The van der Waals surface area contributed by atoms with Gasteiger partial charge in [0.1, 0.15) is 0 Å². The van der Waals surface area contributed by atoms with Crippen LogP contribution in [0.1, 0.15) is 35.1 Å². The number of nitriles is 1. The molecule has 2 aromatic carbocycles. The number of nitrogens with zero attached hydrogens (tertiary/aromatic N) is 2. The van der Waals surface area contributed by atoms with Crippen molar-refractivity contribution >= 4 is 23.7 Å². The van der Waals surface area contributed by atoms with Gasteiger partial charge in [0.25, 0.3) is 0 Å². The summed E-state index contributed by atoms with van der Waals surface area (Å²) in [6, 6.07) is 14.6. The Bertz CT molecular complexity index is 864. The van der Waals surface area contributed by atoms with E-state index >= 15 is 0 Å². The Balaban J connectivity index is 1.76. The summed E-state index contributed by atoms with van der Waals surface area (Å²) in [5.74, 6) is -0.561. The summed E-state index contributed by atoms with van der Waals surface area (Å²) >= 11 is 0. The molecule has 6 nitrogen and oxygen atoms in total. The van der Waals surface area contributed by atoms with E-state index in [0.29, 0.717) is 5.56 Å². The van der Waals surface area contributed by atoms with E-state index in [9.17, 15) is 9.59 Å². The maximum absolute atomic E-state index is 12.0. The summed E-state index contributed by atoms with van der Waals surface area (Å²) in [5, 5.41) is 15.4. The topological polar surface area (TPSA) is 94.3 Å². The van der Waals surface area contributed by atoms with Crippen LogP contribution in [-0.2, 0) is 9.59 Å². The Morgan fingerprint density at radius 3 is 2.42 bits per heavy atom. The molecule has 0 aliphatic rings. The molecule has 0 spiro atoms. The minimum atomic E-state index is -0.342. The highest BCUT2D eigenvalue weighted by Crippen LogP contribution is 2.16. The first-order valence-electron chi connectivity index (χ1n) is 8.17. The molecule has 0 bridgehead atoms. The first-order chi connectivity index (χ1) is 12.5. The third-order valence-electron chi connectivity index (χ3n) is 3.68. The number of rotatable bonds is 6. The molecular formula is C20H20N4O2. The molecule has 2 N–H and O–H groups in total. The Hall–Kier alpha value is -3.46. The predicted octanol–water partition coefficient (Wildman–Crippen LogP) is 3.04. The van der Waals surface area contributed by atoms with E-state index in [-0.39, 0.29) is 24.7 Å². The quantitative estimate of drug-likeness (QED) is 0.620. The molecule has 0 aliphatic carbocycles. The minimum absolute atomic E-state index is 0.0431. The zero-order valence-corrected chi connectivity index (χ0v) is 14.7. The number of anilines is 1. The maximum Gasteiger partial charge on any atom is 0.240 e. The Labute approximate surface area is 152 Å². The Morgan fingerprint density at radius 1 is 1.08 bits per heavy atom. The van der Waals surface area contributed by atoms with Gasteiger partial charge in [-0.15, -0.1) is 0 Å². The van der Waals surface area contributed by atoms with Crippen LogP contribution in [0.5, 0.6) is 0 Å². The van der Waals surface area contributed by atoms with Crippen molar-refractivity contribution in [2.24, 2.45) is 5.10 Å². The number of hydrogen-bond donors (Lipinski definition) is 2. The van der Waals surface area contributed by atoms with Gasteiger partial charge in [-0.25, -0.2) is 5.43 Å². The van der Waals surface area contributed by atoms with Crippen molar-refractivity contribution in [3.05, 3.63) is 64.7 Å². The van der Waals surface area contributed by atoms with Gasteiger partial charge in [-0.05, 0) is 43.2 Å². The van der Waals surface area contributed by atoms with Gasteiger partial charge in [0.05, 0.1) is 17.8 Å². The second kappa shape index (κ2) is 9.14. The number of nitrogens with one attached hydrogen (secondary N) is 2. The van der Waals surface area contributed by atoms with E-state index in [2.05, 4.69) is 15.8 Å². The largest absolute Gasteiger partial charge is 0.326 e. The van der Waals surface area contributed by atoms with Crippen LogP contribution < -0.4 is 10.7 Å². The van der Waals surface area contributed by atoms with Gasteiger partial charge in [0.15, 0.2) is 0 Å². The molecule has 0 unspecified atom stereocenters. The first-order valence-corrected chi connectivity index (χ1v) is 8.17. The molecule has 132 valence electrons. The van der Waals surface area contributed by atoms with E-state index in [1.807, 2.05) is 38.1 Å². The predicted molar refractivity (Wildman–Crippen MR) is 101 cm³/mol. The lowest BCUT2D eigenvalue weighted by Gasteiger charge is -2.08. The van der Waals surface area contributed by atoms with Crippen molar-refractivity contribution in [3.8, 4) is 6.07 Å². The number of hydrogen-bond acceptors (Lipinski definition) is 4. The molecule has 0 radical (unpaired) electrons.